The minimum atomic E-state index is -3.62. The monoisotopic (exact) mass is 361 g/mol. The molecule has 10 heteroatoms. The van der Waals surface area contributed by atoms with Crippen molar-refractivity contribution in [3.8, 4) is 0 Å². The highest BCUT2D eigenvalue weighted by molar-refractivity contribution is 7.89. The van der Waals surface area contributed by atoms with Gasteiger partial charge in [0.2, 0.25) is 21.8 Å². The Hall–Kier alpha value is -2.59. The quantitative estimate of drug-likeness (QED) is 0.719. The van der Waals surface area contributed by atoms with E-state index < -0.39 is 10.0 Å². The molecule has 0 bridgehead atoms. The zero-order valence-corrected chi connectivity index (χ0v) is 14.0. The lowest BCUT2D eigenvalue weighted by molar-refractivity contribution is -0.121. The average Bonchev–Trinajstić information content (AvgIpc) is 3.16. The summed E-state index contributed by atoms with van der Waals surface area (Å²) in [5.41, 5.74) is 0.397. The lowest BCUT2D eigenvalue weighted by Gasteiger charge is -2.37. The number of benzene rings is 1. The van der Waals surface area contributed by atoms with E-state index in [1.807, 2.05) is 0 Å². The van der Waals surface area contributed by atoms with Gasteiger partial charge < -0.3 is 0 Å². The number of hydrogen-bond donors (Lipinski definition) is 0. The first-order chi connectivity index (χ1) is 12.0. The van der Waals surface area contributed by atoms with Gasteiger partial charge in [-0.3, -0.25) is 14.5 Å². The molecule has 2 aromatic rings. The van der Waals surface area contributed by atoms with E-state index in [-0.39, 0.29) is 35.6 Å². The molecule has 0 saturated carbocycles. The predicted molar refractivity (Wildman–Crippen MR) is 86.0 cm³/mol. The lowest BCUT2D eigenvalue weighted by atomic mass is 10.2. The SMILES string of the molecule is O=C1CCC(=O)N1c1ccc(S(=O)(=O)N2CC(n3nccn3)C2)cc1. The fourth-order valence-corrected chi connectivity index (χ4v) is 4.47. The van der Waals surface area contributed by atoms with E-state index in [2.05, 4.69) is 10.2 Å². The lowest BCUT2D eigenvalue weighted by Crippen LogP contribution is -2.51. The number of sulfonamides is 1. The summed E-state index contributed by atoms with van der Waals surface area (Å²) in [6.07, 6.45) is 3.48. The van der Waals surface area contributed by atoms with Crippen LogP contribution < -0.4 is 4.90 Å². The molecule has 130 valence electrons. The standard InChI is InChI=1S/C15H15N5O4S/c21-14-5-6-15(22)19(14)11-1-3-13(4-2-11)25(23,24)18-9-12(10-18)20-16-7-8-17-20/h1-4,7-8,12H,5-6,9-10H2. The zero-order valence-electron chi connectivity index (χ0n) is 13.1. The minimum absolute atomic E-state index is 0.0658. The number of imide groups is 1. The maximum atomic E-state index is 12.6. The summed E-state index contributed by atoms with van der Waals surface area (Å²) < 4.78 is 26.6. The highest BCUT2D eigenvalue weighted by atomic mass is 32.2. The van der Waals surface area contributed by atoms with Crippen LogP contribution in [0.1, 0.15) is 18.9 Å². The number of hydrogen-bond acceptors (Lipinski definition) is 6. The Kier molecular flexibility index (Phi) is 3.65. The molecular weight excluding hydrogens is 346 g/mol. The third-order valence-corrected chi connectivity index (χ3v) is 6.22. The number of nitrogens with zero attached hydrogens (tertiary/aromatic N) is 5. The van der Waals surface area contributed by atoms with Crippen LogP contribution in [0.3, 0.4) is 0 Å². The first-order valence-corrected chi connectivity index (χ1v) is 9.22. The van der Waals surface area contributed by atoms with Crippen LogP contribution in [0.2, 0.25) is 0 Å². The number of carbonyl (C=O) groups excluding carboxylic acids is 2. The Morgan fingerprint density at radius 2 is 1.48 bits per heavy atom. The van der Waals surface area contributed by atoms with Crippen molar-refractivity contribution in [3.05, 3.63) is 36.7 Å². The van der Waals surface area contributed by atoms with E-state index in [0.29, 0.717) is 18.8 Å². The smallest absolute Gasteiger partial charge is 0.243 e. The van der Waals surface area contributed by atoms with Crippen molar-refractivity contribution in [1.29, 1.82) is 0 Å². The van der Waals surface area contributed by atoms with Crippen molar-refractivity contribution in [2.75, 3.05) is 18.0 Å². The van der Waals surface area contributed by atoms with Gasteiger partial charge in [-0.2, -0.15) is 19.3 Å². The Morgan fingerprint density at radius 1 is 0.920 bits per heavy atom. The zero-order chi connectivity index (χ0) is 17.6. The normalized spacial score (nSPS) is 19.4. The largest absolute Gasteiger partial charge is 0.274 e. The summed E-state index contributed by atoms with van der Waals surface area (Å²) in [4.78, 5) is 26.2. The van der Waals surface area contributed by atoms with Crippen molar-refractivity contribution >= 4 is 27.5 Å². The van der Waals surface area contributed by atoms with Crippen LogP contribution in [0.25, 0.3) is 0 Å². The molecule has 25 heavy (non-hydrogen) atoms. The van der Waals surface area contributed by atoms with Gasteiger partial charge in [0.25, 0.3) is 0 Å². The predicted octanol–water partition coefficient (Wildman–Crippen LogP) is 0.177. The van der Waals surface area contributed by atoms with Crippen LogP contribution in [0.5, 0.6) is 0 Å². The van der Waals surface area contributed by atoms with E-state index >= 15 is 0 Å². The van der Waals surface area contributed by atoms with Crippen LogP contribution in [-0.2, 0) is 19.6 Å². The molecule has 0 N–H and O–H groups in total. The van der Waals surface area contributed by atoms with E-state index in [0.717, 1.165) is 4.90 Å². The molecule has 2 aliphatic heterocycles. The summed E-state index contributed by atoms with van der Waals surface area (Å²) in [5.74, 6) is -0.532. The van der Waals surface area contributed by atoms with Crippen LogP contribution in [0.15, 0.2) is 41.6 Å². The van der Waals surface area contributed by atoms with Crippen LogP contribution in [-0.4, -0.2) is 52.6 Å². The van der Waals surface area contributed by atoms with Crippen molar-refractivity contribution in [2.45, 2.75) is 23.8 Å². The molecule has 0 spiro atoms. The second-order valence-electron chi connectivity index (χ2n) is 5.94. The second-order valence-corrected chi connectivity index (χ2v) is 7.88. The van der Waals surface area contributed by atoms with Gasteiger partial charge in [-0.05, 0) is 24.3 Å². The van der Waals surface area contributed by atoms with Crippen molar-refractivity contribution in [3.63, 3.8) is 0 Å². The van der Waals surface area contributed by atoms with Crippen molar-refractivity contribution in [2.24, 2.45) is 0 Å². The van der Waals surface area contributed by atoms with Crippen LogP contribution >= 0.6 is 0 Å². The first-order valence-electron chi connectivity index (χ1n) is 7.78. The Bertz CT molecular complexity index is 901. The highest BCUT2D eigenvalue weighted by Crippen LogP contribution is 2.29. The van der Waals surface area contributed by atoms with Gasteiger partial charge in [0.15, 0.2) is 0 Å². The molecule has 9 nitrogen and oxygen atoms in total. The molecule has 0 radical (unpaired) electrons. The maximum Gasteiger partial charge on any atom is 0.243 e. The molecule has 4 rings (SSSR count). The highest BCUT2D eigenvalue weighted by Gasteiger charge is 2.39. The summed E-state index contributed by atoms with van der Waals surface area (Å²) in [6, 6.07) is 5.75. The van der Waals surface area contributed by atoms with Gasteiger partial charge in [0.05, 0.1) is 29.0 Å². The third kappa shape index (κ3) is 2.63. The molecule has 0 aliphatic carbocycles. The molecule has 3 heterocycles. The van der Waals surface area contributed by atoms with Crippen LogP contribution in [0.4, 0.5) is 5.69 Å². The number of carbonyl (C=O) groups is 2. The van der Waals surface area contributed by atoms with Crippen molar-refractivity contribution < 1.29 is 18.0 Å². The first kappa shape index (κ1) is 15.9. The molecule has 0 atom stereocenters. The summed E-state index contributed by atoms with van der Waals surface area (Å²) in [6.45, 7) is 0.615. The van der Waals surface area contributed by atoms with E-state index in [9.17, 15) is 18.0 Å². The second kappa shape index (κ2) is 5.74. The van der Waals surface area contributed by atoms with Crippen LogP contribution in [0, 0.1) is 0 Å². The van der Waals surface area contributed by atoms with E-state index in [4.69, 9.17) is 0 Å². The molecular formula is C15H15N5O4S. The number of rotatable bonds is 4. The fraction of sp³-hybridized carbons (Fsp3) is 0.333. The minimum Gasteiger partial charge on any atom is -0.274 e. The average molecular weight is 361 g/mol. The summed E-state index contributed by atoms with van der Waals surface area (Å²) in [7, 11) is -3.62. The summed E-state index contributed by atoms with van der Waals surface area (Å²) >= 11 is 0. The molecule has 2 amide bonds. The van der Waals surface area contributed by atoms with Gasteiger partial charge >= 0.3 is 0 Å². The number of aromatic nitrogens is 3. The Labute approximate surface area is 143 Å². The van der Waals surface area contributed by atoms with Gasteiger partial charge in [0.1, 0.15) is 0 Å². The van der Waals surface area contributed by atoms with E-state index in [1.165, 1.54) is 33.4 Å². The van der Waals surface area contributed by atoms with Gasteiger partial charge in [-0.25, -0.2) is 8.42 Å². The van der Waals surface area contributed by atoms with Gasteiger partial charge in [0, 0.05) is 25.9 Å². The molecule has 1 aromatic carbocycles. The molecule has 0 unspecified atom stereocenters. The number of anilines is 1. The van der Waals surface area contributed by atoms with E-state index in [1.54, 1.807) is 12.4 Å². The van der Waals surface area contributed by atoms with Gasteiger partial charge in [-0.15, -0.1) is 0 Å². The summed E-state index contributed by atoms with van der Waals surface area (Å²) in [5, 5.41) is 8.02. The maximum absolute atomic E-state index is 12.6. The third-order valence-electron chi connectivity index (χ3n) is 4.38. The molecule has 2 aliphatic rings. The van der Waals surface area contributed by atoms with Gasteiger partial charge in [-0.1, -0.05) is 0 Å². The topological polar surface area (TPSA) is 105 Å². The molecule has 2 saturated heterocycles. The fourth-order valence-electron chi connectivity index (χ4n) is 2.95. The Balaban J connectivity index is 1.50. The van der Waals surface area contributed by atoms with Crippen molar-refractivity contribution in [1.82, 2.24) is 19.3 Å². The Morgan fingerprint density at radius 3 is 2.04 bits per heavy atom. The number of amides is 2. The molecule has 1 aromatic heterocycles. The molecule has 2 fully saturated rings.